The van der Waals surface area contributed by atoms with Gasteiger partial charge in [0.1, 0.15) is 17.5 Å². The summed E-state index contributed by atoms with van der Waals surface area (Å²) in [5, 5.41) is 9.56. The van der Waals surface area contributed by atoms with Gasteiger partial charge in [-0.25, -0.2) is 4.98 Å². The van der Waals surface area contributed by atoms with E-state index in [1.54, 1.807) is 6.26 Å². The number of unbranched alkanes of at least 4 members (excludes halogenated alkanes) is 3. The molecule has 2 heterocycles. The average molecular weight is 312 g/mol. The smallest absolute Gasteiger partial charge is 0.289 e. The van der Waals surface area contributed by atoms with Gasteiger partial charge in [-0.05, 0) is 31.4 Å². The van der Waals surface area contributed by atoms with E-state index in [-0.39, 0.29) is 0 Å². The normalized spacial score (nSPS) is 10.7. The molecule has 0 fully saturated rings. The van der Waals surface area contributed by atoms with Crippen molar-refractivity contribution in [2.24, 2.45) is 0 Å². The molecule has 4 heteroatoms. The van der Waals surface area contributed by atoms with Gasteiger partial charge in [-0.2, -0.15) is 5.26 Å². The Morgan fingerprint density at radius 2 is 1.96 bits per heavy atom. The summed E-state index contributed by atoms with van der Waals surface area (Å²) < 4.78 is 5.60. The van der Waals surface area contributed by atoms with Crippen molar-refractivity contribution in [3.8, 4) is 17.4 Å². The number of nitrogens with zero attached hydrogens (tertiary/aromatic N) is 1. The Hall–Kier alpha value is -2.28. The van der Waals surface area contributed by atoms with E-state index in [1.165, 1.54) is 18.4 Å². The van der Waals surface area contributed by atoms with Crippen molar-refractivity contribution in [1.82, 2.24) is 0 Å². The molecular weight excluding hydrogens is 286 g/mol. The number of nitrogens with two attached hydrogens (primary N) is 1. The number of anilines is 1. The van der Waals surface area contributed by atoms with Crippen molar-refractivity contribution >= 4 is 5.82 Å². The lowest BCUT2D eigenvalue weighted by molar-refractivity contribution is -0.374. The molecular formula is C19H26N3O+. The minimum Gasteiger partial charge on any atom is -0.464 e. The zero-order valence-corrected chi connectivity index (χ0v) is 14.1. The number of furan rings is 1. The maximum atomic E-state index is 9.56. The molecule has 23 heavy (non-hydrogen) atoms. The first kappa shape index (κ1) is 17.1. The molecule has 0 unspecified atom stereocenters. The van der Waals surface area contributed by atoms with Crippen molar-refractivity contribution in [2.45, 2.75) is 58.8 Å². The standard InChI is InChI=1S/C19H25N3O/c1-3-5-7-10-16-14(9-6-4-2)18(17-11-8-12-23-17)15(13-20)19(21)22-16/h8,11-12H,3-7,9-10H2,1-2H3,(H2,21,22)/p+1. The molecule has 3 N–H and O–H groups in total. The largest absolute Gasteiger partial charge is 0.464 e. The van der Waals surface area contributed by atoms with E-state index in [0.717, 1.165) is 49.1 Å². The van der Waals surface area contributed by atoms with Crippen LogP contribution in [0.25, 0.3) is 11.3 Å². The van der Waals surface area contributed by atoms with Gasteiger partial charge in [-0.1, -0.05) is 33.1 Å². The van der Waals surface area contributed by atoms with Crippen LogP contribution in [0.3, 0.4) is 0 Å². The fourth-order valence-electron chi connectivity index (χ4n) is 2.94. The maximum absolute atomic E-state index is 9.56. The fourth-order valence-corrected chi connectivity index (χ4v) is 2.94. The van der Waals surface area contributed by atoms with E-state index in [1.807, 2.05) is 12.1 Å². The third kappa shape index (κ3) is 3.92. The molecule has 122 valence electrons. The molecule has 2 aromatic rings. The van der Waals surface area contributed by atoms with Crippen LogP contribution in [0.15, 0.2) is 22.8 Å². The third-order valence-corrected chi connectivity index (χ3v) is 4.16. The van der Waals surface area contributed by atoms with Gasteiger partial charge < -0.3 is 4.42 Å². The van der Waals surface area contributed by atoms with Gasteiger partial charge in [-0.3, -0.25) is 5.73 Å². The monoisotopic (exact) mass is 312 g/mol. The highest BCUT2D eigenvalue weighted by atomic mass is 16.3. The summed E-state index contributed by atoms with van der Waals surface area (Å²) in [5.41, 5.74) is 9.81. The minimum atomic E-state index is 0.436. The summed E-state index contributed by atoms with van der Waals surface area (Å²) in [6, 6.07) is 6.00. The Kier molecular flexibility index (Phi) is 6.22. The Balaban J connectivity index is 2.56. The van der Waals surface area contributed by atoms with Crippen LogP contribution >= 0.6 is 0 Å². The topological polar surface area (TPSA) is 77.1 Å². The first-order valence-corrected chi connectivity index (χ1v) is 8.53. The van der Waals surface area contributed by atoms with Crippen molar-refractivity contribution < 1.29 is 9.40 Å². The molecule has 0 spiro atoms. The number of hydrogen-bond donors (Lipinski definition) is 1. The van der Waals surface area contributed by atoms with Gasteiger partial charge in [0.25, 0.3) is 5.82 Å². The van der Waals surface area contributed by atoms with Crippen LogP contribution in [0.2, 0.25) is 0 Å². The highest BCUT2D eigenvalue weighted by Gasteiger charge is 2.24. The molecule has 0 aromatic carbocycles. The number of pyridine rings is 1. The first-order chi connectivity index (χ1) is 11.2. The lowest BCUT2D eigenvalue weighted by Crippen LogP contribution is -2.22. The number of aromatic amines is 1. The van der Waals surface area contributed by atoms with Crippen molar-refractivity contribution in [3.63, 3.8) is 0 Å². The number of aryl methyl sites for hydroxylation is 1. The molecule has 0 saturated heterocycles. The van der Waals surface area contributed by atoms with Gasteiger partial charge in [0.05, 0.1) is 11.8 Å². The first-order valence-electron chi connectivity index (χ1n) is 8.53. The maximum Gasteiger partial charge on any atom is 0.289 e. The quantitative estimate of drug-likeness (QED) is 0.739. The fraction of sp³-hybridized carbons (Fsp3) is 0.474. The zero-order chi connectivity index (χ0) is 16.7. The van der Waals surface area contributed by atoms with Crippen molar-refractivity contribution in [3.05, 3.63) is 35.2 Å². The lowest BCUT2D eigenvalue weighted by atomic mass is 9.92. The summed E-state index contributed by atoms with van der Waals surface area (Å²) in [5.74, 6) is 1.16. The molecule has 0 atom stereocenters. The van der Waals surface area contributed by atoms with Crippen molar-refractivity contribution in [2.75, 3.05) is 5.73 Å². The van der Waals surface area contributed by atoms with E-state index >= 15 is 0 Å². The summed E-state index contributed by atoms with van der Waals surface area (Å²) in [4.78, 5) is 3.28. The number of rotatable bonds is 8. The number of nitriles is 1. The van der Waals surface area contributed by atoms with Gasteiger partial charge >= 0.3 is 0 Å². The highest BCUT2D eigenvalue weighted by molar-refractivity contribution is 5.74. The number of nitrogens with one attached hydrogen (secondary N) is 1. The minimum absolute atomic E-state index is 0.436. The van der Waals surface area contributed by atoms with E-state index < -0.39 is 0 Å². The second-order valence-corrected chi connectivity index (χ2v) is 5.90. The summed E-state index contributed by atoms with van der Waals surface area (Å²) in [6.45, 7) is 4.37. The van der Waals surface area contributed by atoms with Crippen LogP contribution in [0.1, 0.15) is 62.8 Å². The van der Waals surface area contributed by atoms with Gasteiger partial charge in [-0.15, -0.1) is 0 Å². The number of nitrogen functional groups attached to an aromatic ring is 1. The van der Waals surface area contributed by atoms with Crippen LogP contribution in [0.5, 0.6) is 0 Å². The molecule has 0 amide bonds. The van der Waals surface area contributed by atoms with Crippen LogP contribution < -0.4 is 10.7 Å². The van der Waals surface area contributed by atoms with Crippen LogP contribution in [0.4, 0.5) is 5.82 Å². The van der Waals surface area contributed by atoms with Gasteiger partial charge in [0, 0.05) is 12.0 Å². The molecule has 2 aromatic heterocycles. The van der Waals surface area contributed by atoms with E-state index in [9.17, 15) is 5.26 Å². The zero-order valence-electron chi connectivity index (χ0n) is 14.1. The molecule has 0 radical (unpaired) electrons. The molecule has 0 aliphatic rings. The molecule has 2 rings (SSSR count). The second kappa shape index (κ2) is 8.38. The Morgan fingerprint density at radius 1 is 1.17 bits per heavy atom. The second-order valence-electron chi connectivity index (χ2n) is 5.90. The number of hydrogen-bond acceptors (Lipinski definition) is 3. The molecule has 0 saturated carbocycles. The predicted octanol–water partition coefficient (Wildman–Crippen LogP) is 4.29. The summed E-state index contributed by atoms with van der Waals surface area (Å²) in [6.07, 6.45) is 9.21. The van der Waals surface area contributed by atoms with E-state index in [0.29, 0.717) is 11.4 Å². The molecule has 0 aliphatic heterocycles. The molecule has 4 nitrogen and oxygen atoms in total. The average Bonchev–Trinajstić information content (AvgIpc) is 3.07. The van der Waals surface area contributed by atoms with Gasteiger partial charge in [0.15, 0.2) is 5.56 Å². The SMILES string of the molecule is CCCCCc1[nH+]c(N)c(C#N)c(-c2ccco2)c1CCCC. The predicted molar refractivity (Wildman–Crippen MR) is 91.7 cm³/mol. The Bertz CT molecular complexity index is 669. The summed E-state index contributed by atoms with van der Waals surface area (Å²) in [7, 11) is 0. The number of H-pyrrole nitrogens is 1. The third-order valence-electron chi connectivity index (χ3n) is 4.16. The highest BCUT2D eigenvalue weighted by Crippen LogP contribution is 2.32. The van der Waals surface area contributed by atoms with Crippen LogP contribution in [-0.4, -0.2) is 0 Å². The number of aromatic nitrogens is 1. The van der Waals surface area contributed by atoms with Crippen LogP contribution in [0, 0.1) is 11.3 Å². The Labute approximate surface area is 138 Å². The lowest BCUT2D eigenvalue weighted by Gasteiger charge is -2.13. The van der Waals surface area contributed by atoms with Crippen LogP contribution in [-0.2, 0) is 12.8 Å². The van der Waals surface area contributed by atoms with Gasteiger partial charge in [0.2, 0.25) is 0 Å². The van der Waals surface area contributed by atoms with Crippen molar-refractivity contribution in [1.29, 1.82) is 5.26 Å². The van der Waals surface area contributed by atoms with E-state index in [4.69, 9.17) is 10.2 Å². The van der Waals surface area contributed by atoms with E-state index in [2.05, 4.69) is 24.9 Å². The summed E-state index contributed by atoms with van der Waals surface area (Å²) >= 11 is 0. The molecule has 0 aliphatic carbocycles. The Morgan fingerprint density at radius 3 is 2.57 bits per heavy atom. The molecule has 0 bridgehead atoms.